The van der Waals surface area contributed by atoms with Gasteiger partial charge in [-0.2, -0.15) is 13.2 Å². The summed E-state index contributed by atoms with van der Waals surface area (Å²) in [4.78, 5) is 0. The Labute approximate surface area is 56.3 Å². The summed E-state index contributed by atoms with van der Waals surface area (Å²) < 4.78 is 35.4. The molecule has 1 aliphatic rings. The summed E-state index contributed by atoms with van der Waals surface area (Å²) in [5.41, 5.74) is 1.89. The molecule has 0 aliphatic carbocycles. The number of hydrogen-bond donors (Lipinski definition) is 1. The van der Waals surface area contributed by atoms with E-state index in [-0.39, 0.29) is 6.54 Å². The molecule has 1 heterocycles. The van der Waals surface area contributed by atoms with Crippen LogP contribution in [0.1, 0.15) is 0 Å². The van der Waals surface area contributed by atoms with E-state index in [2.05, 4.69) is 5.43 Å². The van der Waals surface area contributed by atoms with Crippen molar-refractivity contribution < 1.29 is 13.2 Å². The zero-order valence-electron chi connectivity index (χ0n) is 5.37. The molecule has 0 radical (unpaired) electrons. The number of rotatable bonds is 0. The van der Waals surface area contributed by atoms with E-state index in [0.29, 0.717) is 0 Å². The first kappa shape index (κ1) is 7.40. The number of nitrogens with one attached hydrogen (secondary N) is 1. The van der Waals surface area contributed by atoms with E-state index >= 15 is 0 Å². The molecular formula is C5H7F3N2. The lowest BCUT2D eigenvalue weighted by Crippen LogP contribution is -2.26. The van der Waals surface area contributed by atoms with Crippen LogP contribution in [0.15, 0.2) is 11.8 Å². The Morgan fingerprint density at radius 3 is 2.40 bits per heavy atom. The molecule has 0 aromatic rings. The average Bonchev–Trinajstić information content (AvgIpc) is 2.11. The Kier molecular flexibility index (Phi) is 1.60. The number of hydrogen-bond acceptors (Lipinski definition) is 2. The molecule has 0 saturated heterocycles. The predicted octanol–water partition coefficient (Wildman–Crippen LogP) is 0.883. The minimum Gasteiger partial charge on any atom is -0.326 e. The van der Waals surface area contributed by atoms with Crippen LogP contribution in [0.2, 0.25) is 0 Å². The summed E-state index contributed by atoms with van der Waals surface area (Å²) in [7, 11) is 1.55. The molecule has 0 fully saturated rings. The van der Waals surface area contributed by atoms with Gasteiger partial charge in [0, 0.05) is 19.8 Å². The van der Waals surface area contributed by atoms with Gasteiger partial charge in [-0.05, 0) is 0 Å². The zero-order valence-corrected chi connectivity index (χ0v) is 5.37. The van der Waals surface area contributed by atoms with Gasteiger partial charge in [-0.1, -0.05) is 0 Å². The Morgan fingerprint density at radius 2 is 2.20 bits per heavy atom. The molecule has 0 spiro atoms. The van der Waals surface area contributed by atoms with Crippen LogP contribution < -0.4 is 5.43 Å². The maximum atomic E-state index is 11.8. The van der Waals surface area contributed by atoms with Crippen molar-refractivity contribution in [1.29, 1.82) is 0 Å². The van der Waals surface area contributed by atoms with E-state index in [1.54, 1.807) is 7.05 Å². The second-order valence-corrected chi connectivity index (χ2v) is 2.15. The van der Waals surface area contributed by atoms with Gasteiger partial charge >= 0.3 is 6.18 Å². The molecule has 0 aromatic carbocycles. The highest BCUT2D eigenvalue weighted by Gasteiger charge is 2.36. The summed E-state index contributed by atoms with van der Waals surface area (Å²) in [6, 6.07) is 0. The highest BCUT2D eigenvalue weighted by atomic mass is 19.4. The lowest BCUT2D eigenvalue weighted by molar-refractivity contribution is -0.0933. The lowest BCUT2D eigenvalue weighted by Gasteiger charge is -2.09. The molecule has 10 heavy (non-hydrogen) atoms. The van der Waals surface area contributed by atoms with Gasteiger partial charge in [-0.15, -0.1) is 0 Å². The summed E-state index contributed by atoms with van der Waals surface area (Å²) in [6.07, 6.45) is -3.21. The number of halogens is 3. The van der Waals surface area contributed by atoms with E-state index < -0.39 is 11.7 Å². The van der Waals surface area contributed by atoms with Gasteiger partial charge < -0.3 is 5.43 Å². The molecule has 1 N–H and O–H groups in total. The van der Waals surface area contributed by atoms with E-state index in [1.807, 2.05) is 0 Å². The molecule has 5 heteroatoms. The minimum absolute atomic E-state index is 0.0799. The number of alkyl halides is 3. The van der Waals surface area contributed by atoms with Crippen LogP contribution in [0, 0.1) is 0 Å². The Hall–Kier alpha value is -0.710. The smallest absolute Gasteiger partial charge is 0.326 e. The Morgan fingerprint density at radius 1 is 1.60 bits per heavy atom. The van der Waals surface area contributed by atoms with Crippen molar-refractivity contribution in [3.05, 3.63) is 11.8 Å². The van der Waals surface area contributed by atoms with Crippen LogP contribution >= 0.6 is 0 Å². The van der Waals surface area contributed by atoms with Crippen LogP contribution in [0.25, 0.3) is 0 Å². The van der Waals surface area contributed by atoms with Crippen molar-refractivity contribution in [2.75, 3.05) is 13.6 Å². The van der Waals surface area contributed by atoms with Crippen LogP contribution in [0.5, 0.6) is 0 Å². The summed E-state index contributed by atoms with van der Waals surface area (Å²) >= 11 is 0. The van der Waals surface area contributed by atoms with Crippen LogP contribution in [0.4, 0.5) is 13.2 Å². The molecule has 0 amide bonds. The number of likely N-dealkylation sites (N-methyl/N-ethyl adjacent to an activating group) is 1. The molecule has 0 aromatic heterocycles. The second kappa shape index (κ2) is 2.16. The maximum absolute atomic E-state index is 11.8. The fraction of sp³-hybridized carbons (Fsp3) is 0.600. The van der Waals surface area contributed by atoms with Gasteiger partial charge in [-0.3, -0.25) is 0 Å². The monoisotopic (exact) mass is 152 g/mol. The van der Waals surface area contributed by atoms with Crippen LogP contribution in [-0.2, 0) is 0 Å². The van der Waals surface area contributed by atoms with Crippen LogP contribution in [-0.4, -0.2) is 24.8 Å². The van der Waals surface area contributed by atoms with E-state index in [1.165, 1.54) is 5.01 Å². The quantitative estimate of drug-likeness (QED) is 0.554. The van der Waals surface area contributed by atoms with Gasteiger partial charge in [0.1, 0.15) is 0 Å². The highest BCUT2D eigenvalue weighted by Crippen LogP contribution is 2.26. The van der Waals surface area contributed by atoms with Crippen molar-refractivity contribution >= 4 is 0 Å². The Bertz CT molecular complexity index is 161. The molecule has 0 saturated carbocycles. The molecule has 1 rings (SSSR count). The van der Waals surface area contributed by atoms with Crippen molar-refractivity contribution in [2.24, 2.45) is 0 Å². The van der Waals surface area contributed by atoms with E-state index in [9.17, 15) is 13.2 Å². The topological polar surface area (TPSA) is 15.3 Å². The average molecular weight is 152 g/mol. The Balaban J connectivity index is 2.60. The first-order chi connectivity index (χ1) is 4.50. The van der Waals surface area contributed by atoms with Crippen molar-refractivity contribution in [3.8, 4) is 0 Å². The largest absolute Gasteiger partial charge is 0.415 e. The lowest BCUT2D eigenvalue weighted by atomic mass is 10.3. The third-order valence-electron chi connectivity index (χ3n) is 1.23. The van der Waals surface area contributed by atoms with Gasteiger partial charge in [0.25, 0.3) is 0 Å². The first-order valence-corrected chi connectivity index (χ1v) is 2.73. The molecule has 2 nitrogen and oxygen atoms in total. The third kappa shape index (κ3) is 1.41. The van der Waals surface area contributed by atoms with Crippen molar-refractivity contribution in [3.63, 3.8) is 0 Å². The fourth-order valence-electron chi connectivity index (χ4n) is 0.706. The maximum Gasteiger partial charge on any atom is 0.415 e. The van der Waals surface area contributed by atoms with Crippen LogP contribution in [0.3, 0.4) is 0 Å². The first-order valence-electron chi connectivity index (χ1n) is 2.73. The van der Waals surface area contributed by atoms with Gasteiger partial charge in [0.2, 0.25) is 0 Å². The third-order valence-corrected chi connectivity index (χ3v) is 1.23. The molecule has 1 aliphatic heterocycles. The zero-order chi connectivity index (χ0) is 7.78. The van der Waals surface area contributed by atoms with Gasteiger partial charge in [0.15, 0.2) is 0 Å². The standard InChI is InChI=1S/C5H7F3N2/c1-10-3-4(2-9-10)5(6,7)8/h2,9H,3H2,1H3. The minimum atomic E-state index is -4.18. The SMILES string of the molecule is CN1CC(C(F)(F)F)=CN1. The number of nitrogens with zero attached hydrogens (tertiary/aromatic N) is 1. The van der Waals surface area contributed by atoms with Crippen molar-refractivity contribution in [2.45, 2.75) is 6.18 Å². The summed E-state index contributed by atoms with van der Waals surface area (Å²) in [5.74, 6) is 0. The molecule has 58 valence electrons. The molecule has 0 unspecified atom stereocenters. The highest BCUT2D eigenvalue weighted by molar-refractivity contribution is 5.13. The molecule has 0 bridgehead atoms. The van der Waals surface area contributed by atoms with E-state index in [4.69, 9.17) is 0 Å². The van der Waals surface area contributed by atoms with Gasteiger partial charge in [-0.25, -0.2) is 5.01 Å². The fourth-order valence-corrected chi connectivity index (χ4v) is 0.706. The van der Waals surface area contributed by atoms with E-state index in [0.717, 1.165) is 6.20 Å². The normalized spacial score (nSPS) is 20.6. The van der Waals surface area contributed by atoms with Crippen molar-refractivity contribution in [1.82, 2.24) is 10.4 Å². The second-order valence-electron chi connectivity index (χ2n) is 2.15. The number of hydrazine groups is 1. The summed E-state index contributed by atoms with van der Waals surface area (Å²) in [6.45, 7) is -0.0799. The molecular weight excluding hydrogens is 145 g/mol. The predicted molar refractivity (Wildman–Crippen MR) is 29.9 cm³/mol. The molecule has 0 atom stereocenters. The summed E-state index contributed by atoms with van der Waals surface area (Å²) in [5, 5.41) is 1.36. The van der Waals surface area contributed by atoms with Gasteiger partial charge in [0.05, 0.1) is 5.57 Å².